The zero-order valence-corrected chi connectivity index (χ0v) is 14.3. The minimum absolute atomic E-state index is 0.0999. The fraction of sp³-hybridized carbons (Fsp3) is 0.529. The number of unbranched alkanes of at least 4 members (excludes halogenated alkanes) is 2. The van der Waals surface area contributed by atoms with Crippen molar-refractivity contribution in [3.63, 3.8) is 0 Å². The van der Waals surface area contributed by atoms with Crippen molar-refractivity contribution in [2.24, 2.45) is 0 Å². The lowest BCUT2D eigenvalue weighted by Gasteiger charge is -2.24. The summed E-state index contributed by atoms with van der Waals surface area (Å²) in [7, 11) is 0. The van der Waals surface area contributed by atoms with Crippen LogP contribution in [0.15, 0.2) is 30.3 Å². The Morgan fingerprint density at radius 3 is 2.62 bits per heavy atom. The standard InChI is InChI=1S/C17H25N5O2/c1-14(2)21(13-16(23)24)11-7-4-8-12-22-19-17(18-20-22)15-9-5-3-6-10-15/h3,5-6,9-10,14H,4,7-8,11-13H2,1-2H3,(H,23,24). The highest BCUT2D eigenvalue weighted by Gasteiger charge is 2.12. The van der Waals surface area contributed by atoms with Gasteiger partial charge in [0.1, 0.15) is 0 Å². The number of rotatable bonds is 10. The van der Waals surface area contributed by atoms with Crippen molar-refractivity contribution in [1.29, 1.82) is 0 Å². The third-order valence-corrected chi connectivity index (χ3v) is 3.86. The molecule has 1 aromatic heterocycles. The van der Waals surface area contributed by atoms with E-state index in [0.717, 1.165) is 37.9 Å². The average Bonchev–Trinajstić information content (AvgIpc) is 3.02. The Bertz CT molecular complexity index is 627. The van der Waals surface area contributed by atoms with E-state index < -0.39 is 5.97 Å². The summed E-state index contributed by atoms with van der Waals surface area (Å²) < 4.78 is 0. The maximum absolute atomic E-state index is 10.8. The summed E-state index contributed by atoms with van der Waals surface area (Å²) in [4.78, 5) is 14.4. The molecule has 0 spiro atoms. The monoisotopic (exact) mass is 331 g/mol. The SMILES string of the molecule is CC(C)N(CCCCCn1nnc(-c2ccccc2)n1)CC(=O)O. The van der Waals surface area contributed by atoms with Crippen LogP contribution in [0.25, 0.3) is 11.4 Å². The molecule has 1 N–H and O–H groups in total. The second-order valence-corrected chi connectivity index (χ2v) is 6.09. The van der Waals surface area contributed by atoms with Gasteiger partial charge in [-0.2, -0.15) is 4.80 Å². The van der Waals surface area contributed by atoms with Gasteiger partial charge in [-0.1, -0.05) is 36.8 Å². The summed E-state index contributed by atoms with van der Waals surface area (Å²) in [5.74, 6) is -0.132. The Balaban J connectivity index is 1.71. The summed E-state index contributed by atoms with van der Waals surface area (Å²) in [6.07, 6.45) is 2.92. The fourth-order valence-electron chi connectivity index (χ4n) is 2.48. The number of tetrazole rings is 1. The van der Waals surface area contributed by atoms with Crippen molar-refractivity contribution in [2.45, 2.75) is 45.7 Å². The van der Waals surface area contributed by atoms with Crippen molar-refractivity contribution in [2.75, 3.05) is 13.1 Å². The van der Waals surface area contributed by atoms with Crippen molar-refractivity contribution in [3.8, 4) is 11.4 Å². The summed E-state index contributed by atoms with van der Waals surface area (Å²) in [6.45, 7) is 5.66. The Labute approximate surface area is 142 Å². The van der Waals surface area contributed by atoms with Crippen LogP contribution < -0.4 is 0 Å². The normalized spacial score (nSPS) is 11.3. The molecule has 130 valence electrons. The molecule has 1 heterocycles. The fourth-order valence-corrected chi connectivity index (χ4v) is 2.48. The van der Waals surface area contributed by atoms with Gasteiger partial charge in [0.15, 0.2) is 0 Å². The van der Waals surface area contributed by atoms with Gasteiger partial charge in [0.2, 0.25) is 5.82 Å². The van der Waals surface area contributed by atoms with E-state index >= 15 is 0 Å². The van der Waals surface area contributed by atoms with Crippen LogP contribution in [0.1, 0.15) is 33.1 Å². The third-order valence-electron chi connectivity index (χ3n) is 3.86. The number of carboxylic acids is 1. The van der Waals surface area contributed by atoms with Crippen molar-refractivity contribution < 1.29 is 9.90 Å². The van der Waals surface area contributed by atoms with E-state index in [1.165, 1.54) is 0 Å². The number of carbonyl (C=O) groups is 1. The molecule has 7 nitrogen and oxygen atoms in total. The first-order valence-electron chi connectivity index (χ1n) is 8.35. The van der Waals surface area contributed by atoms with Gasteiger partial charge in [-0.25, -0.2) is 0 Å². The van der Waals surface area contributed by atoms with E-state index in [1.54, 1.807) is 4.80 Å². The van der Waals surface area contributed by atoms with Gasteiger partial charge in [-0.15, -0.1) is 10.2 Å². The summed E-state index contributed by atoms with van der Waals surface area (Å²) in [5.41, 5.74) is 0.963. The summed E-state index contributed by atoms with van der Waals surface area (Å²) in [6, 6.07) is 10.0. The van der Waals surface area contributed by atoms with E-state index in [1.807, 2.05) is 49.1 Å². The molecule has 0 aliphatic carbocycles. The Morgan fingerprint density at radius 2 is 1.96 bits per heavy atom. The molecule has 0 amide bonds. The molecule has 1 aromatic carbocycles. The maximum atomic E-state index is 10.8. The lowest BCUT2D eigenvalue weighted by molar-refractivity contribution is -0.138. The molecular formula is C17H25N5O2. The lowest BCUT2D eigenvalue weighted by Crippen LogP contribution is -2.36. The molecule has 0 unspecified atom stereocenters. The minimum atomic E-state index is -0.774. The van der Waals surface area contributed by atoms with Crippen molar-refractivity contribution >= 4 is 5.97 Å². The third kappa shape index (κ3) is 5.73. The number of aryl methyl sites for hydroxylation is 1. The zero-order chi connectivity index (χ0) is 17.4. The number of nitrogens with zero attached hydrogens (tertiary/aromatic N) is 5. The van der Waals surface area contributed by atoms with E-state index in [0.29, 0.717) is 5.82 Å². The topological polar surface area (TPSA) is 84.1 Å². The highest BCUT2D eigenvalue weighted by atomic mass is 16.4. The van der Waals surface area contributed by atoms with Crippen LogP contribution in [0.5, 0.6) is 0 Å². The number of hydrogen-bond acceptors (Lipinski definition) is 5. The average molecular weight is 331 g/mol. The predicted molar refractivity (Wildman–Crippen MR) is 91.4 cm³/mol. The van der Waals surface area contributed by atoms with E-state index in [9.17, 15) is 4.79 Å². The number of hydrogen-bond donors (Lipinski definition) is 1. The molecule has 7 heteroatoms. The van der Waals surface area contributed by atoms with Crippen LogP contribution in [0.4, 0.5) is 0 Å². The van der Waals surface area contributed by atoms with E-state index in [4.69, 9.17) is 5.11 Å². The van der Waals surface area contributed by atoms with Crippen molar-refractivity contribution in [1.82, 2.24) is 25.1 Å². The Kier molecular flexibility index (Phi) is 6.87. The van der Waals surface area contributed by atoms with Gasteiger partial charge in [0, 0.05) is 11.6 Å². The lowest BCUT2D eigenvalue weighted by atomic mass is 10.2. The smallest absolute Gasteiger partial charge is 0.317 e. The van der Waals surface area contributed by atoms with Crippen LogP contribution in [-0.4, -0.2) is 55.3 Å². The molecule has 0 radical (unpaired) electrons. The van der Waals surface area contributed by atoms with Gasteiger partial charge < -0.3 is 5.11 Å². The molecule has 0 saturated carbocycles. The van der Waals surface area contributed by atoms with Crippen molar-refractivity contribution in [3.05, 3.63) is 30.3 Å². The van der Waals surface area contributed by atoms with Crippen LogP contribution >= 0.6 is 0 Å². The number of carboxylic acid groups (broad SMARTS) is 1. The molecule has 0 aliphatic rings. The predicted octanol–water partition coefficient (Wildman–Crippen LogP) is 2.31. The summed E-state index contributed by atoms with van der Waals surface area (Å²) in [5, 5.41) is 21.5. The number of aromatic nitrogens is 4. The maximum Gasteiger partial charge on any atom is 0.317 e. The quantitative estimate of drug-likeness (QED) is 0.673. The second kappa shape index (κ2) is 9.12. The van der Waals surface area contributed by atoms with E-state index in [2.05, 4.69) is 15.4 Å². The molecule has 2 rings (SSSR count). The molecule has 0 atom stereocenters. The first-order chi connectivity index (χ1) is 11.6. The van der Waals surface area contributed by atoms with E-state index in [-0.39, 0.29) is 12.6 Å². The molecule has 0 fully saturated rings. The van der Waals surface area contributed by atoms with Crippen LogP contribution in [0.2, 0.25) is 0 Å². The molecule has 0 aliphatic heterocycles. The van der Waals surface area contributed by atoms with Crippen LogP contribution in [0.3, 0.4) is 0 Å². The van der Waals surface area contributed by atoms with Gasteiger partial charge >= 0.3 is 5.97 Å². The minimum Gasteiger partial charge on any atom is -0.480 e. The van der Waals surface area contributed by atoms with Crippen LogP contribution in [0, 0.1) is 0 Å². The highest BCUT2D eigenvalue weighted by Crippen LogP contribution is 2.12. The molecule has 0 bridgehead atoms. The number of aliphatic carboxylic acids is 1. The summed E-state index contributed by atoms with van der Waals surface area (Å²) >= 11 is 0. The van der Waals surface area contributed by atoms with Gasteiger partial charge in [0.25, 0.3) is 0 Å². The highest BCUT2D eigenvalue weighted by molar-refractivity contribution is 5.69. The zero-order valence-electron chi connectivity index (χ0n) is 14.3. The largest absolute Gasteiger partial charge is 0.480 e. The number of benzene rings is 1. The molecule has 24 heavy (non-hydrogen) atoms. The second-order valence-electron chi connectivity index (χ2n) is 6.09. The van der Waals surface area contributed by atoms with Gasteiger partial charge in [-0.05, 0) is 38.4 Å². The molecular weight excluding hydrogens is 306 g/mol. The van der Waals surface area contributed by atoms with Crippen LogP contribution in [-0.2, 0) is 11.3 Å². The molecule has 0 saturated heterocycles. The molecule has 2 aromatic rings. The van der Waals surface area contributed by atoms with Gasteiger partial charge in [0.05, 0.1) is 13.1 Å². The Morgan fingerprint density at radius 1 is 1.21 bits per heavy atom. The Hall–Kier alpha value is -2.28. The first kappa shape index (κ1) is 18.1. The first-order valence-corrected chi connectivity index (χ1v) is 8.35. The van der Waals surface area contributed by atoms with Gasteiger partial charge in [-0.3, -0.25) is 9.69 Å².